The predicted molar refractivity (Wildman–Crippen MR) is 175 cm³/mol. The van der Waals surface area contributed by atoms with Gasteiger partial charge in [-0.3, -0.25) is 14.4 Å². The molecule has 3 N–H and O–H groups in total. The summed E-state index contributed by atoms with van der Waals surface area (Å²) in [5.74, 6) is 0.987. The van der Waals surface area contributed by atoms with Gasteiger partial charge in [-0.05, 0) is 66.2 Å². The molecule has 0 bridgehead atoms. The average Bonchev–Trinajstić information content (AvgIpc) is 3.07. The highest BCUT2D eigenvalue weighted by Crippen LogP contribution is 2.30. The number of benzene rings is 4. The van der Waals surface area contributed by atoms with Crippen molar-refractivity contribution in [2.24, 2.45) is 0 Å². The molecule has 4 aromatic rings. The van der Waals surface area contributed by atoms with Crippen molar-refractivity contribution < 1.29 is 33.3 Å². The molecule has 3 amide bonds. The van der Waals surface area contributed by atoms with Crippen molar-refractivity contribution in [1.82, 2.24) is 5.32 Å². The molecule has 0 aromatic heterocycles. The van der Waals surface area contributed by atoms with Gasteiger partial charge in [-0.1, -0.05) is 30.3 Å². The minimum Gasteiger partial charge on any atom is -0.497 e. The van der Waals surface area contributed by atoms with Crippen molar-refractivity contribution >= 4 is 46.9 Å². The maximum absolute atomic E-state index is 13.5. The van der Waals surface area contributed by atoms with Crippen molar-refractivity contribution in [3.8, 4) is 23.0 Å². The van der Waals surface area contributed by atoms with Crippen LogP contribution in [-0.4, -0.2) is 51.9 Å². The van der Waals surface area contributed by atoms with Crippen molar-refractivity contribution in [3.05, 3.63) is 108 Å². The summed E-state index contributed by atoms with van der Waals surface area (Å²) >= 11 is 1.30. The fourth-order valence-electron chi connectivity index (χ4n) is 4.15. The molecule has 4 aromatic carbocycles. The zero-order valence-corrected chi connectivity index (χ0v) is 26.0. The summed E-state index contributed by atoms with van der Waals surface area (Å²) in [4.78, 5) is 39.9. The van der Waals surface area contributed by atoms with Crippen LogP contribution in [0.4, 0.5) is 11.4 Å². The molecule has 45 heavy (non-hydrogen) atoms. The second-order valence-corrected chi connectivity index (χ2v) is 10.4. The quantitative estimate of drug-likeness (QED) is 0.124. The Labute approximate surface area is 265 Å². The predicted octanol–water partition coefficient (Wildman–Crippen LogP) is 5.86. The van der Waals surface area contributed by atoms with Crippen molar-refractivity contribution in [3.63, 3.8) is 0 Å². The number of methoxy groups -OCH3 is 4. The summed E-state index contributed by atoms with van der Waals surface area (Å²) in [5.41, 5.74) is 2.02. The number of ether oxygens (including phenoxy) is 4. The molecule has 232 valence electrons. The van der Waals surface area contributed by atoms with Gasteiger partial charge in [-0.2, -0.15) is 0 Å². The van der Waals surface area contributed by atoms with Gasteiger partial charge in [0.15, 0.2) is 11.5 Å². The summed E-state index contributed by atoms with van der Waals surface area (Å²) in [5, 5.41) is 8.41. The Morgan fingerprint density at radius 1 is 0.711 bits per heavy atom. The van der Waals surface area contributed by atoms with Crippen molar-refractivity contribution in [1.29, 1.82) is 0 Å². The number of hydrogen-bond donors (Lipinski definition) is 3. The first-order valence-electron chi connectivity index (χ1n) is 13.7. The van der Waals surface area contributed by atoms with Crippen LogP contribution < -0.4 is 34.9 Å². The van der Waals surface area contributed by atoms with Gasteiger partial charge in [0.25, 0.3) is 11.8 Å². The highest BCUT2D eigenvalue weighted by molar-refractivity contribution is 8.00. The minimum atomic E-state index is -0.541. The van der Waals surface area contributed by atoms with E-state index in [-0.39, 0.29) is 17.4 Å². The Balaban J connectivity index is 1.48. The molecule has 10 nitrogen and oxygen atoms in total. The molecule has 0 saturated carbocycles. The largest absolute Gasteiger partial charge is 0.497 e. The lowest BCUT2D eigenvalue weighted by Gasteiger charge is -2.13. The monoisotopic (exact) mass is 627 g/mol. The van der Waals surface area contributed by atoms with E-state index in [1.807, 2.05) is 6.07 Å². The van der Waals surface area contributed by atoms with Crippen molar-refractivity contribution in [2.75, 3.05) is 44.8 Å². The first-order chi connectivity index (χ1) is 21.8. The van der Waals surface area contributed by atoms with Crippen LogP contribution in [0.15, 0.2) is 102 Å². The van der Waals surface area contributed by atoms with Gasteiger partial charge in [0, 0.05) is 22.2 Å². The topological polar surface area (TPSA) is 124 Å². The zero-order chi connectivity index (χ0) is 32.2. The Morgan fingerprint density at radius 2 is 1.47 bits per heavy atom. The van der Waals surface area contributed by atoms with Gasteiger partial charge >= 0.3 is 0 Å². The fourth-order valence-corrected chi connectivity index (χ4v) is 4.91. The first-order valence-corrected chi connectivity index (χ1v) is 14.7. The molecule has 0 aliphatic rings. The molecule has 0 saturated heterocycles. The number of carbonyl (C=O) groups excluding carboxylic acids is 3. The van der Waals surface area contributed by atoms with E-state index in [0.717, 1.165) is 4.90 Å². The molecule has 11 heteroatoms. The van der Waals surface area contributed by atoms with E-state index in [1.165, 1.54) is 33.1 Å². The van der Waals surface area contributed by atoms with Crippen LogP contribution in [0.25, 0.3) is 6.08 Å². The van der Waals surface area contributed by atoms with E-state index >= 15 is 0 Å². The van der Waals surface area contributed by atoms with Crippen LogP contribution in [0, 0.1) is 0 Å². The highest BCUT2D eigenvalue weighted by atomic mass is 32.2. The van der Waals surface area contributed by atoms with Crippen LogP contribution in [0.5, 0.6) is 23.0 Å². The smallest absolute Gasteiger partial charge is 0.272 e. The third kappa shape index (κ3) is 9.04. The summed E-state index contributed by atoms with van der Waals surface area (Å²) in [6.45, 7) is 0. The third-order valence-corrected chi connectivity index (χ3v) is 7.39. The van der Waals surface area contributed by atoms with Gasteiger partial charge in [0.05, 0.1) is 39.9 Å². The lowest BCUT2D eigenvalue weighted by atomic mass is 10.1. The molecule has 4 rings (SSSR count). The van der Waals surface area contributed by atoms with Gasteiger partial charge in [-0.15, -0.1) is 11.8 Å². The van der Waals surface area contributed by atoms with Gasteiger partial charge in [0.2, 0.25) is 5.91 Å². The number of thioether (sulfide) groups is 1. The van der Waals surface area contributed by atoms with E-state index in [9.17, 15) is 14.4 Å². The molecule has 0 heterocycles. The normalized spacial score (nSPS) is 10.8. The molecular weight excluding hydrogens is 594 g/mol. The van der Waals surface area contributed by atoms with Gasteiger partial charge in [-0.25, -0.2) is 0 Å². The molecular formula is C34H33N3O7S. The Hall–Kier alpha value is -5.42. The second-order valence-electron chi connectivity index (χ2n) is 9.38. The third-order valence-electron chi connectivity index (χ3n) is 6.39. The number of anilines is 2. The second kappa shape index (κ2) is 15.9. The Kier molecular flexibility index (Phi) is 11.5. The average molecular weight is 628 g/mol. The molecule has 0 aliphatic carbocycles. The van der Waals surface area contributed by atoms with Crippen molar-refractivity contribution in [2.45, 2.75) is 4.90 Å². The van der Waals surface area contributed by atoms with E-state index in [4.69, 9.17) is 18.9 Å². The molecule has 0 atom stereocenters. The molecule has 0 radical (unpaired) electrons. The van der Waals surface area contributed by atoms with Gasteiger partial charge in [0.1, 0.15) is 17.2 Å². The molecule has 0 spiro atoms. The number of amides is 3. The standard InChI is InChI=1S/C34H33N3O7S/c1-41-25-14-15-27(30(20-25)43-3)36-32(38)21-45-26-12-8-11-24(19-26)35-34(40)28(37-33(39)23-9-6-5-7-10-23)17-22-13-16-29(42-2)31(18-22)44-4/h5-20H,21H2,1-4H3,(H,35,40)(H,36,38)(H,37,39)/b28-17+. The number of nitrogens with one attached hydrogen (secondary N) is 3. The van der Waals surface area contributed by atoms with E-state index in [0.29, 0.717) is 45.5 Å². The van der Waals surface area contributed by atoms with Crippen LogP contribution in [0.2, 0.25) is 0 Å². The maximum atomic E-state index is 13.5. The Bertz CT molecular complexity index is 1690. The molecule has 0 aliphatic heterocycles. The highest BCUT2D eigenvalue weighted by Gasteiger charge is 2.16. The van der Waals surface area contributed by atoms with E-state index in [2.05, 4.69) is 16.0 Å². The zero-order valence-electron chi connectivity index (χ0n) is 25.2. The van der Waals surface area contributed by atoms with Gasteiger partial charge < -0.3 is 34.9 Å². The SMILES string of the molecule is COc1ccc(NC(=O)CSc2cccc(NC(=O)/C(=C\c3ccc(OC)c(OC)c3)NC(=O)c3ccccc3)c2)c(OC)c1. The lowest BCUT2D eigenvalue weighted by molar-refractivity contribution is -0.114. The maximum Gasteiger partial charge on any atom is 0.272 e. The summed E-state index contributed by atoms with van der Waals surface area (Å²) < 4.78 is 21.2. The summed E-state index contributed by atoms with van der Waals surface area (Å²) in [7, 11) is 6.11. The molecule has 0 fully saturated rings. The Morgan fingerprint density at radius 3 is 2.18 bits per heavy atom. The minimum absolute atomic E-state index is 0.0157. The number of hydrogen-bond acceptors (Lipinski definition) is 8. The summed E-state index contributed by atoms with van der Waals surface area (Å²) in [6, 6.07) is 25.9. The number of carbonyl (C=O) groups is 3. The fraction of sp³-hybridized carbons (Fsp3) is 0.147. The van der Waals surface area contributed by atoms with E-state index in [1.54, 1.807) is 98.1 Å². The molecule has 0 unspecified atom stereocenters. The summed E-state index contributed by atoms with van der Waals surface area (Å²) in [6.07, 6.45) is 1.55. The number of rotatable bonds is 13. The van der Waals surface area contributed by atoms with Crippen LogP contribution in [-0.2, 0) is 9.59 Å². The van der Waals surface area contributed by atoms with Crippen LogP contribution in [0.1, 0.15) is 15.9 Å². The van der Waals surface area contributed by atoms with E-state index < -0.39 is 11.8 Å². The first kappa shape index (κ1) is 32.5. The lowest BCUT2D eigenvalue weighted by Crippen LogP contribution is -2.30. The van der Waals surface area contributed by atoms with Crippen LogP contribution >= 0.6 is 11.8 Å². The van der Waals surface area contributed by atoms with Crippen LogP contribution in [0.3, 0.4) is 0 Å².